The zero-order chi connectivity index (χ0) is 24.9. The third kappa shape index (κ3) is 8.12. The lowest BCUT2D eigenvalue weighted by molar-refractivity contribution is 0.141. The molecule has 2 N–H and O–H groups in total. The van der Waals surface area contributed by atoms with Gasteiger partial charge in [-0.2, -0.15) is 9.97 Å². The van der Waals surface area contributed by atoms with Gasteiger partial charge < -0.3 is 24.8 Å². The van der Waals surface area contributed by atoms with Gasteiger partial charge in [-0.15, -0.1) is 0 Å². The van der Waals surface area contributed by atoms with Crippen molar-refractivity contribution in [3.8, 4) is 6.01 Å². The average Bonchev–Trinajstić information content (AvgIpc) is 2.84. The fourth-order valence-electron chi connectivity index (χ4n) is 3.14. The van der Waals surface area contributed by atoms with Crippen LogP contribution in [0.4, 0.5) is 17.3 Å². The van der Waals surface area contributed by atoms with Crippen LogP contribution in [0.25, 0.3) is 0 Å². The number of rotatable bonds is 12. The number of ether oxygens (including phenoxy) is 3. The normalized spacial score (nSPS) is 15.1. The minimum absolute atomic E-state index is 0.203. The number of nitrogens with two attached hydrogens (primary N) is 1. The van der Waals surface area contributed by atoms with E-state index in [9.17, 15) is 0 Å². The van der Waals surface area contributed by atoms with Gasteiger partial charge >= 0.3 is 6.01 Å². The number of aliphatic imine (C=N–C) groups is 1. The van der Waals surface area contributed by atoms with E-state index in [2.05, 4.69) is 51.6 Å². The quantitative estimate of drug-likeness (QED) is 0.258. The molecule has 1 atom stereocenters. The Hall–Kier alpha value is -2.96. The highest BCUT2D eigenvalue weighted by Gasteiger charge is 2.26. The molecule has 1 aromatic rings. The maximum absolute atomic E-state index is 6.19. The molecular weight excluding hydrogens is 449 g/mol. The van der Waals surface area contributed by atoms with Gasteiger partial charge in [-0.25, -0.2) is 4.99 Å². The van der Waals surface area contributed by atoms with Crippen LogP contribution < -0.4 is 15.4 Å². The summed E-state index contributed by atoms with van der Waals surface area (Å²) in [6, 6.07) is 0.203. The fourth-order valence-corrected chi connectivity index (χ4v) is 4.08. The standard InChI is InChI=1S/C25H36N5O3P/c1-7-10-11-20(9-3)34-17-18(4)14-19(8-2)15-30-16-21(32-6)27-22-23(26)28-25(29-24(22)30)33-13-12-31-5/h7-11,14,34H,3,12-13,15-17H2,1-2,4-6H3,(H2,26,28,29)/b10-7-,18-14+,19-8+,20-11+. The number of anilines is 2. The summed E-state index contributed by atoms with van der Waals surface area (Å²) < 4.78 is 16.1. The maximum Gasteiger partial charge on any atom is 0.320 e. The third-order valence-electron chi connectivity index (χ3n) is 4.92. The van der Waals surface area contributed by atoms with Gasteiger partial charge in [0.1, 0.15) is 6.61 Å². The number of nitrogen functional groups attached to an aromatic ring is 1. The molecule has 1 aromatic heterocycles. The molecular formula is C25H36N5O3P. The molecule has 1 aliphatic rings. The number of methoxy groups -OCH3 is 2. The largest absolute Gasteiger partial charge is 0.483 e. The van der Waals surface area contributed by atoms with E-state index in [0.29, 0.717) is 52.3 Å². The predicted molar refractivity (Wildman–Crippen MR) is 144 cm³/mol. The number of hydrogen-bond acceptors (Lipinski definition) is 8. The molecule has 0 fully saturated rings. The van der Waals surface area contributed by atoms with Crippen molar-refractivity contribution in [2.24, 2.45) is 4.99 Å². The van der Waals surface area contributed by atoms with Crippen LogP contribution in [0.2, 0.25) is 0 Å². The van der Waals surface area contributed by atoms with Crippen molar-refractivity contribution in [2.75, 3.05) is 57.3 Å². The average molecular weight is 486 g/mol. The first kappa shape index (κ1) is 27.3. The highest BCUT2D eigenvalue weighted by molar-refractivity contribution is 7.43. The molecule has 0 saturated heterocycles. The van der Waals surface area contributed by atoms with Crippen molar-refractivity contribution in [3.63, 3.8) is 0 Å². The predicted octanol–water partition coefficient (Wildman–Crippen LogP) is 4.80. The van der Waals surface area contributed by atoms with E-state index in [0.717, 1.165) is 11.7 Å². The van der Waals surface area contributed by atoms with Crippen LogP contribution in [0, 0.1) is 0 Å². The molecule has 34 heavy (non-hydrogen) atoms. The molecule has 2 heterocycles. The Morgan fingerprint density at radius 3 is 2.68 bits per heavy atom. The molecule has 8 nitrogen and oxygen atoms in total. The van der Waals surface area contributed by atoms with E-state index >= 15 is 0 Å². The van der Waals surface area contributed by atoms with Crippen molar-refractivity contribution < 1.29 is 14.2 Å². The monoisotopic (exact) mass is 485 g/mol. The van der Waals surface area contributed by atoms with Gasteiger partial charge in [-0.1, -0.05) is 57.2 Å². The molecule has 1 unspecified atom stereocenters. The smallest absolute Gasteiger partial charge is 0.320 e. The van der Waals surface area contributed by atoms with Gasteiger partial charge in [-0.3, -0.25) is 0 Å². The van der Waals surface area contributed by atoms with Crippen LogP contribution in [-0.4, -0.2) is 62.6 Å². The van der Waals surface area contributed by atoms with Crippen molar-refractivity contribution >= 4 is 31.8 Å². The second kappa shape index (κ2) is 14.3. The maximum atomic E-state index is 6.19. The summed E-state index contributed by atoms with van der Waals surface area (Å²) in [4.78, 5) is 15.4. The Bertz CT molecular complexity index is 999. The molecule has 0 aromatic carbocycles. The van der Waals surface area contributed by atoms with Crippen LogP contribution in [0.15, 0.2) is 64.5 Å². The Balaban J connectivity index is 2.23. The highest BCUT2D eigenvalue weighted by Crippen LogP contribution is 2.37. The van der Waals surface area contributed by atoms with Gasteiger partial charge in [0.25, 0.3) is 0 Å². The van der Waals surface area contributed by atoms with Gasteiger partial charge in [0, 0.05) is 13.7 Å². The lowest BCUT2D eigenvalue weighted by Crippen LogP contribution is -2.35. The number of allylic oxidation sites excluding steroid dienone is 7. The van der Waals surface area contributed by atoms with Gasteiger partial charge in [0.05, 0.1) is 20.3 Å². The second-order valence-electron chi connectivity index (χ2n) is 7.53. The number of fused-ring (bicyclic) bond motifs is 1. The minimum atomic E-state index is 0.203. The first-order valence-electron chi connectivity index (χ1n) is 11.1. The van der Waals surface area contributed by atoms with Crippen LogP contribution in [0.1, 0.15) is 20.8 Å². The van der Waals surface area contributed by atoms with E-state index in [4.69, 9.17) is 19.9 Å². The van der Waals surface area contributed by atoms with Crippen LogP contribution in [-0.2, 0) is 9.47 Å². The van der Waals surface area contributed by atoms with Gasteiger partial charge in [0.2, 0.25) is 5.90 Å². The minimum Gasteiger partial charge on any atom is -0.483 e. The molecule has 0 saturated carbocycles. The summed E-state index contributed by atoms with van der Waals surface area (Å²) in [5.41, 5.74) is 9.13. The van der Waals surface area contributed by atoms with Crippen molar-refractivity contribution in [1.82, 2.24) is 9.97 Å². The summed E-state index contributed by atoms with van der Waals surface area (Å²) in [5, 5.41) is 1.24. The summed E-state index contributed by atoms with van der Waals surface area (Å²) in [6.07, 6.45) is 13.4. The molecule has 0 spiro atoms. The lowest BCUT2D eigenvalue weighted by Gasteiger charge is -2.29. The topological polar surface area (TPSA) is 95.1 Å². The summed E-state index contributed by atoms with van der Waals surface area (Å²) in [5.74, 6) is 1.42. The Kier molecular flexibility index (Phi) is 11.5. The number of hydrogen-bond donors (Lipinski definition) is 1. The van der Waals surface area contributed by atoms with Gasteiger partial charge in [0.15, 0.2) is 17.3 Å². The van der Waals surface area contributed by atoms with E-state index in [1.165, 1.54) is 10.9 Å². The van der Waals surface area contributed by atoms with E-state index < -0.39 is 0 Å². The molecule has 0 amide bonds. The van der Waals surface area contributed by atoms with E-state index in [1.54, 1.807) is 14.2 Å². The van der Waals surface area contributed by atoms with E-state index in [-0.39, 0.29) is 11.8 Å². The van der Waals surface area contributed by atoms with Crippen molar-refractivity contribution in [2.45, 2.75) is 20.8 Å². The summed E-state index contributed by atoms with van der Waals surface area (Å²) in [7, 11) is 3.87. The zero-order valence-electron chi connectivity index (χ0n) is 20.8. The fraction of sp³-hybridized carbons (Fsp3) is 0.400. The SMILES string of the molecule is C=C/C(=C\C=C/C)PC/C(C)=C/C(=C\C)CN1CC(OC)=Nc2c(N)nc(OCCOC)nc21. The number of nitrogens with zero attached hydrogens (tertiary/aromatic N) is 4. The second-order valence-corrected chi connectivity index (χ2v) is 8.81. The molecule has 184 valence electrons. The number of aromatic nitrogens is 2. The first-order chi connectivity index (χ1) is 16.4. The van der Waals surface area contributed by atoms with Crippen molar-refractivity contribution in [3.05, 3.63) is 59.5 Å². The first-order valence-corrected chi connectivity index (χ1v) is 12.3. The molecule has 0 bridgehead atoms. The Morgan fingerprint density at radius 2 is 2.03 bits per heavy atom. The summed E-state index contributed by atoms with van der Waals surface area (Å²) in [6.45, 7) is 12.0. The van der Waals surface area contributed by atoms with Gasteiger partial charge in [-0.05, 0) is 37.8 Å². The van der Waals surface area contributed by atoms with Crippen molar-refractivity contribution in [1.29, 1.82) is 0 Å². The van der Waals surface area contributed by atoms with E-state index in [1.807, 2.05) is 32.1 Å². The molecule has 0 radical (unpaired) electrons. The lowest BCUT2D eigenvalue weighted by atomic mass is 10.1. The molecule has 1 aliphatic heterocycles. The molecule has 9 heteroatoms. The highest BCUT2D eigenvalue weighted by atomic mass is 31.1. The zero-order valence-corrected chi connectivity index (χ0v) is 21.8. The Labute approximate surface area is 204 Å². The molecule has 0 aliphatic carbocycles. The molecule has 2 rings (SSSR count). The summed E-state index contributed by atoms with van der Waals surface area (Å²) >= 11 is 0. The van der Waals surface area contributed by atoms with Crippen LogP contribution in [0.3, 0.4) is 0 Å². The van der Waals surface area contributed by atoms with Crippen LogP contribution in [0.5, 0.6) is 6.01 Å². The Morgan fingerprint density at radius 1 is 1.24 bits per heavy atom. The van der Waals surface area contributed by atoms with Crippen LogP contribution >= 0.6 is 8.58 Å². The third-order valence-corrected chi connectivity index (χ3v) is 6.44.